The molecule has 0 aliphatic carbocycles. The van der Waals surface area contributed by atoms with Gasteiger partial charge in [0.25, 0.3) is 0 Å². The topological polar surface area (TPSA) is 84.7 Å². The summed E-state index contributed by atoms with van der Waals surface area (Å²) in [6, 6.07) is 15.7. The maximum absolute atomic E-state index is 12.5. The fourth-order valence-electron chi connectivity index (χ4n) is 7.06. The van der Waals surface area contributed by atoms with Gasteiger partial charge in [-0.2, -0.15) is 5.26 Å². The Hall–Kier alpha value is -4.09. The number of aromatic nitrogens is 1. The van der Waals surface area contributed by atoms with E-state index < -0.39 is 0 Å². The van der Waals surface area contributed by atoms with Crippen LogP contribution in [0.4, 0.5) is 11.4 Å². The van der Waals surface area contributed by atoms with Crippen LogP contribution in [0.25, 0.3) is 10.8 Å². The lowest BCUT2D eigenvalue weighted by molar-refractivity contribution is -0.126. The number of carbonyl (C=O) groups is 1. The largest absolute Gasteiger partial charge is 0.475 e. The number of nitrogens with zero attached hydrogens (tertiary/aromatic N) is 5. The lowest BCUT2D eigenvalue weighted by atomic mass is 9.96. The maximum atomic E-state index is 12.5. The molecule has 2 saturated heterocycles. The smallest absolute Gasteiger partial charge is 0.246 e. The number of carbonyl (C=O) groups excluding carboxylic acids is 1. The molecule has 2 fully saturated rings. The van der Waals surface area contributed by atoms with Crippen LogP contribution in [-0.4, -0.2) is 72.6 Å². The fraction of sp³-hybridized carbons (Fsp3) is 0.457. The molecule has 4 heterocycles. The normalized spacial score (nSPS) is 20.8. The van der Waals surface area contributed by atoms with Gasteiger partial charge in [0.15, 0.2) is 0 Å². The number of nitrogens with one attached hydrogen (secondary N) is 1. The Balaban J connectivity index is 1.37. The predicted molar refractivity (Wildman–Crippen MR) is 172 cm³/mol. The van der Waals surface area contributed by atoms with Crippen LogP contribution >= 0.6 is 0 Å². The van der Waals surface area contributed by atoms with E-state index >= 15 is 0 Å². The van der Waals surface area contributed by atoms with Gasteiger partial charge in [-0.15, -0.1) is 0 Å². The summed E-state index contributed by atoms with van der Waals surface area (Å²) in [5.74, 6) is 0.365. The molecule has 43 heavy (non-hydrogen) atoms. The van der Waals surface area contributed by atoms with Crippen LogP contribution in [0.15, 0.2) is 49.1 Å². The quantitative estimate of drug-likeness (QED) is 0.374. The summed E-state index contributed by atoms with van der Waals surface area (Å²) in [7, 11) is 2.13. The Morgan fingerprint density at radius 1 is 1.16 bits per heavy atom. The van der Waals surface area contributed by atoms with E-state index in [1.807, 2.05) is 4.90 Å². The number of hydrogen-bond donors (Lipinski definition) is 1. The Bertz CT molecular complexity index is 1560. The van der Waals surface area contributed by atoms with Crippen molar-refractivity contribution in [3.8, 4) is 11.9 Å². The highest BCUT2D eigenvalue weighted by Gasteiger charge is 2.30. The van der Waals surface area contributed by atoms with Crippen molar-refractivity contribution in [3.63, 3.8) is 0 Å². The summed E-state index contributed by atoms with van der Waals surface area (Å²) in [6.07, 6.45) is 7.29. The van der Waals surface area contributed by atoms with Gasteiger partial charge >= 0.3 is 0 Å². The Morgan fingerprint density at radius 2 is 2.00 bits per heavy atom. The number of likely N-dealkylation sites (N-methyl/N-ethyl adjacent to an activating group) is 1. The van der Waals surface area contributed by atoms with Gasteiger partial charge in [-0.3, -0.25) is 4.79 Å². The first-order valence-electron chi connectivity index (χ1n) is 15.7. The van der Waals surface area contributed by atoms with Crippen LogP contribution in [0, 0.1) is 18.3 Å². The van der Waals surface area contributed by atoms with Crippen LogP contribution in [-0.2, 0) is 17.8 Å². The lowest BCUT2D eigenvalue weighted by Crippen LogP contribution is -2.39. The van der Waals surface area contributed by atoms with Gasteiger partial charge in [0, 0.05) is 48.4 Å². The average Bonchev–Trinajstić information content (AvgIpc) is 3.29. The van der Waals surface area contributed by atoms with Crippen LogP contribution in [0.1, 0.15) is 54.5 Å². The van der Waals surface area contributed by atoms with Crippen molar-refractivity contribution in [2.24, 2.45) is 0 Å². The van der Waals surface area contributed by atoms with E-state index in [-0.39, 0.29) is 11.9 Å². The maximum Gasteiger partial charge on any atom is 0.246 e. The second kappa shape index (κ2) is 12.6. The SMILES string of the molecule is C=CC(=O)N1CCCC[C@@H](Nc2c(C#N)c(OC[C@@H]3CCCN3C)nc3c2CCN(c2cccc4cccc(C)c24)C3)C1. The van der Waals surface area contributed by atoms with Gasteiger partial charge in [-0.25, -0.2) is 4.98 Å². The number of rotatable bonds is 7. The van der Waals surface area contributed by atoms with E-state index in [2.05, 4.69) is 78.1 Å². The number of pyridine rings is 1. The van der Waals surface area contributed by atoms with Crippen molar-refractivity contribution >= 4 is 28.1 Å². The van der Waals surface area contributed by atoms with E-state index in [1.54, 1.807) is 0 Å². The monoisotopic (exact) mass is 578 g/mol. The molecule has 8 nitrogen and oxygen atoms in total. The summed E-state index contributed by atoms with van der Waals surface area (Å²) in [6.45, 7) is 10.2. The minimum Gasteiger partial charge on any atom is -0.475 e. The first-order chi connectivity index (χ1) is 21.0. The Kier molecular flexibility index (Phi) is 8.53. The molecule has 0 radical (unpaired) electrons. The molecular weight excluding hydrogens is 536 g/mol. The molecule has 0 spiro atoms. The molecule has 6 rings (SSSR count). The lowest BCUT2D eigenvalue weighted by Gasteiger charge is -2.34. The molecule has 0 bridgehead atoms. The van der Waals surface area contributed by atoms with E-state index in [0.29, 0.717) is 37.2 Å². The van der Waals surface area contributed by atoms with Crippen molar-refractivity contribution in [1.82, 2.24) is 14.8 Å². The van der Waals surface area contributed by atoms with Gasteiger partial charge in [0.05, 0.1) is 17.9 Å². The summed E-state index contributed by atoms with van der Waals surface area (Å²) in [5.41, 5.74) is 5.79. The fourth-order valence-corrected chi connectivity index (χ4v) is 7.06. The molecule has 0 unspecified atom stereocenters. The van der Waals surface area contributed by atoms with Crippen LogP contribution in [0.3, 0.4) is 0 Å². The summed E-state index contributed by atoms with van der Waals surface area (Å²) >= 11 is 0. The molecular formula is C35H42N6O2. The van der Waals surface area contributed by atoms with Gasteiger partial charge in [-0.05, 0) is 82.1 Å². The molecule has 3 aliphatic rings. The minimum atomic E-state index is -0.0447. The first kappa shape index (κ1) is 29.0. The van der Waals surface area contributed by atoms with E-state index in [0.717, 1.165) is 75.1 Å². The van der Waals surface area contributed by atoms with Gasteiger partial charge < -0.3 is 24.8 Å². The third-order valence-electron chi connectivity index (χ3n) is 9.46. The summed E-state index contributed by atoms with van der Waals surface area (Å²) < 4.78 is 6.40. The van der Waals surface area contributed by atoms with Gasteiger partial charge in [0.2, 0.25) is 11.8 Å². The summed E-state index contributed by atoms with van der Waals surface area (Å²) in [4.78, 5) is 24.2. The number of fused-ring (bicyclic) bond motifs is 2. The molecule has 2 aromatic carbocycles. The number of hydrogen-bond acceptors (Lipinski definition) is 7. The number of benzene rings is 2. The summed E-state index contributed by atoms with van der Waals surface area (Å²) in [5, 5.41) is 16.7. The number of likely N-dealkylation sites (tertiary alicyclic amines) is 2. The first-order valence-corrected chi connectivity index (χ1v) is 15.7. The molecule has 0 saturated carbocycles. The zero-order chi connectivity index (χ0) is 29.9. The minimum absolute atomic E-state index is 0.0255. The molecule has 1 amide bonds. The predicted octanol–water partition coefficient (Wildman–Crippen LogP) is 5.43. The molecule has 3 aliphatic heterocycles. The van der Waals surface area contributed by atoms with Crippen molar-refractivity contribution in [1.29, 1.82) is 5.26 Å². The molecule has 2 atom stereocenters. The molecule has 1 aromatic heterocycles. The zero-order valence-electron chi connectivity index (χ0n) is 25.4. The number of amides is 1. The number of nitriles is 1. The van der Waals surface area contributed by atoms with Crippen molar-refractivity contribution < 1.29 is 9.53 Å². The van der Waals surface area contributed by atoms with Crippen molar-refractivity contribution in [2.75, 3.05) is 50.1 Å². The van der Waals surface area contributed by atoms with Gasteiger partial charge in [0.1, 0.15) is 18.2 Å². The molecule has 1 N–H and O–H groups in total. The number of ether oxygens (including phenoxy) is 1. The highest BCUT2D eigenvalue weighted by Crippen LogP contribution is 2.38. The standard InChI is InChI=1S/C35H42N6O2/c1-4-32(42)41-18-6-5-13-26(21-41)37-34-28-16-19-40(31-15-8-12-25-11-7-10-24(2)33(25)31)22-30(28)38-35(29(34)20-36)43-23-27-14-9-17-39(27)3/h4,7-8,10-12,15,26-27H,1,5-6,9,13-14,16-19,21-23H2,2-3H3,(H,37,38)/t26-,27+/m1/s1. The Labute approximate surface area is 254 Å². The second-order valence-electron chi connectivity index (χ2n) is 12.2. The van der Waals surface area contributed by atoms with E-state index in [4.69, 9.17) is 9.72 Å². The van der Waals surface area contributed by atoms with Gasteiger partial charge in [-0.1, -0.05) is 36.9 Å². The highest BCUT2D eigenvalue weighted by molar-refractivity contribution is 5.97. The zero-order valence-corrected chi connectivity index (χ0v) is 25.4. The Morgan fingerprint density at radius 3 is 2.77 bits per heavy atom. The van der Waals surface area contributed by atoms with Crippen LogP contribution in [0.2, 0.25) is 0 Å². The number of aryl methyl sites for hydroxylation is 1. The highest BCUT2D eigenvalue weighted by atomic mass is 16.5. The third kappa shape index (κ3) is 5.92. The van der Waals surface area contributed by atoms with Crippen molar-refractivity contribution in [2.45, 2.75) is 64.1 Å². The van der Waals surface area contributed by atoms with E-state index in [9.17, 15) is 10.1 Å². The average molecular weight is 579 g/mol. The third-order valence-corrected chi connectivity index (χ3v) is 9.46. The molecule has 224 valence electrons. The molecule has 8 heteroatoms. The second-order valence-corrected chi connectivity index (χ2v) is 12.2. The van der Waals surface area contributed by atoms with Crippen LogP contribution < -0.4 is 15.0 Å². The molecule has 3 aromatic rings. The number of anilines is 2. The van der Waals surface area contributed by atoms with Crippen LogP contribution in [0.5, 0.6) is 5.88 Å². The van der Waals surface area contributed by atoms with Crippen molar-refractivity contribution in [3.05, 3.63) is 71.4 Å². The van der Waals surface area contributed by atoms with E-state index in [1.165, 1.54) is 28.1 Å².